The van der Waals surface area contributed by atoms with Crippen molar-refractivity contribution in [2.75, 3.05) is 0 Å². The Labute approximate surface area is 111 Å². The lowest BCUT2D eigenvalue weighted by Crippen LogP contribution is -1.94. The summed E-state index contributed by atoms with van der Waals surface area (Å²) in [5.74, 6) is 0. The van der Waals surface area contributed by atoms with E-state index < -0.39 is 4.92 Å². The monoisotopic (exact) mass is 309 g/mol. The number of para-hydroxylation sites is 1. The summed E-state index contributed by atoms with van der Waals surface area (Å²) in [6.07, 6.45) is 0.628. The average molecular weight is 310 g/mol. The number of aldehydes is 1. The molecule has 0 aliphatic heterocycles. The fourth-order valence-corrected chi connectivity index (χ4v) is 2.02. The normalized spacial score (nSPS) is 10.3. The van der Waals surface area contributed by atoms with Gasteiger partial charge in [0.15, 0.2) is 6.29 Å². The number of carbonyl (C=O) groups excluding carboxylic acids is 1. The molecule has 6 nitrogen and oxygen atoms in total. The maximum Gasteiger partial charge on any atom is 0.278 e. The van der Waals surface area contributed by atoms with E-state index in [9.17, 15) is 14.9 Å². The molecule has 2 aromatic rings. The molecule has 0 amide bonds. The summed E-state index contributed by atoms with van der Waals surface area (Å²) in [7, 11) is 1.65. The van der Waals surface area contributed by atoms with Gasteiger partial charge >= 0.3 is 0 Å². The molecule has 0 bridgehead atoms. The zero-order valence-electron chi connectivity index (χ0n) is 9.33. The third-order valence-electron chi connectivity index (χ3n) is 2.49. The molecule has 0 aliphatic rings. The minimum atomic E-state index is -0.494. The number of hydrogen-bond acceptors (Lipinski definition) is 4. The lowest BCUT2D eigenvalue weighted by molar-refractivity contribution is -0.384. The van der Waals surface area contributed by atoms with Crippen LogP contribution in [-0.2, 0) is 7.05 Å². The van der Waals surface area contributed by atoms with Crippen molar-refractivity contribution >= 4 is 27.9 Å². The van der Waals surface area contributed by atoms with Crippen LogP contribution < -0.4 is 0 Å². The first kappa shape index (κ1) is 12.4. The third-order valence-corrected chi connectivity index (χ3v) is 3.43. The van der Waals surface area contributed by atoms with E-state index in [-0.39, 0.29) is 5.69 Å². The number of halogens is 1. The number of nitrogens with zero attached hydrogens (tertiary/aromatic N) is 3. The second-order valence-electron chi connectivity index (χ2n) is 3.57. The first-order valence-corrected chi connectivity index (χ1v) is 5.77. The molecule has 2 rings (SSSR count). The SMILES string of the molecule is Cn1nc(-c2ccccc2[N+](=O)[O-])c(C=O)c1Br. The number of rotatable bonds is 3. The zero-order valence-corrected chi connectivity index (χ0v) is 10.9. The molecule has 18 heavy (non-hydrogen) atoms. The smallest absolute Gasteiger partial charge is 0.278 e. The number of carbonyl (C=O) groups is 1. The molecule has 0 atom stereocenters. The highest BCUT2D eigenvalue weighted by molar-refractivity contribution is 9.10. The number of aryl methyl sites for hydroxylation is 1. The molecule has 1 aromatic heterocycles. The fourth-order valence-electron chi connectivity index (χ4n) is 1.66. The Bertz CT molecular complexity index is 636. The van der Waals surface area contributed by atoms with E-state index in [2.05, 4.69) is 21.0 Å². The van der Waals surface area contributed by atoms with Crippen molar-refractivity contribution in [1.82, 2.24) is 9.78 Å². The van der Waals surface area contributed by atoms with Crippen LogP contribution in [0.15, 0.2) is 28.9 Å². The van der Waals surface area contributed by atoms with Crippen LogP contribution in [0.3, 0.4) is 0 Å². The standard InChI is InChI=1S/C11H8BrN3O3/c1-14-11(12)8(6-16)10(13-14)7-4-2-3-5-9(7)15(17)18/h2-6H,1H3. The average Bonchev–Trinajstić information content (AvgIpc) is 2.65. The van der Waals surface area contributed by atoms with Crippen LogP contribution in [0.2, 0.25) is 0 Å². The van der Waals surface area contributed by atoms with Crippen molar-refractivity contribution in [2.45, 2.75) is 0 Å². The van der Waals surface area contributed by atoms with Gasteiger partial charge in [-0.05, 0) is 22.0 Å². The summed E-state index contributed by atoms with van der Waals surface area (Å²) in [4.78, 5) is 21.5. The van der Waals surface area contributed by atoms with Gasteiger partial charge in [-0.1, -0.05) is 12.1 Å². The first-order valence-electron chi connectivity index (χ1n) is 4.97. The van der Waals surface area contributed by atoms with Crippen LogP contribution in [0.4, 0.5) is 5.69 Å². The first-order chi connectivity index (χ1) is 8.56. The molecule has 0 saturated carbocycles. The molecule has 7 heteroatoms. The Hall–Kier alpha value is -2.02. The van der Waals surface area contributed by atoms with Gasteiger partial charge in [0.25, 0.3) is 5.69 Å². The van der Waals surface area contributed by atoms with Crippen LogP contribution >= 0.6 is 15.9 Å². The fraction of sp³-hybridized carbons (Fsp3) is 0.0909. The van der Waals surface area contributed by atoms with Crippen LogP contribution in [0, 0.1) is 10.1 Å². The van der Waals surface area contributed by atoms with Crippen LogP contribution in [-0.4, -0.2) is 21.0 Å². The van der Waals surface area contributed by atoms with Crippen molar-refractivity contribution in [1.29, 1.82) is 0 Å². The van der Waals surface area contributed by atoms with Crippen LogP contribution in [0.1, 0.15) is 10.4 Å². The predicted octanol–water partition coefficient (Wildman–Crippen LogP) is 2.57. The maximum atomic E-state index is 11.1. The second-order valence-corrected chi connectivity index (χ2v) is 4.32. The van der Waals surface area contributed by atoms with Crippen molar-refractivity contribution in [3.05, 3.63) is 44.5 Å². The molecule has 0 radical (unpaired) electrons. The van der Waals surface area contributed by atoms with Crippen molar-refractivity contribution < 1.29 is 9.72 Å². The molecule has 0 spiro atoms. The summed E-state index contributed by atoms with van der Waals surface area (Å²) < 4.78 is 1.95. The topological polar surface area (TPSA) is 78.0 Å². The van der Waals surface area contributed by atoms with E-state index in [1.807, 2.05) is 0 Å². The Morgan fingerprint density at radius 2 is 2.11 bits per heavy atom. The van der Waals surface area contributed by atoms with E-state index in [0.717, 1.165) is 0 Å². The Kier molecular flexibility index (Phi) is 3.24. The molecule has 0 aliphatic carbocycles. The molecule has 0 N–H and O–H groups in total. The van der Waals surface area contributed by atoms with E-state index in [0.29, 0.717) is 27.7 Å². The van der Waals surface area contributed by atoms with E-state index >= 15 is 0 Å². The largest absolute Gasteiger partial charge is 0.298 e. The van der Waals surface area contributed by atoms with Gasteiger partial charge in [0.05, 0.1) is 16.1 Å². The summed E-state index contributed by atoms with van der Waals surface area (Å²) in [6.45, 7) is 0. The molecular weight excluding hydrogens is 302 g/mol. The molecule has 92 valence electrons. The van der Waals surface area contributed by atoms with Crippen molar-refractivity contribution in [3.63, 3.8) is 0 Å². The molecule has 0 fully saturated rings. The van der Waals surface area contributed by atoms with Gasteiger partial charge in [-0.2, -0.15) is 5.10 Å². The van der Waals surface area contributed by atoms with Gasteiger partial charge in [-0.3, -0.25) is 19.6 Å². The molecule has 1 aromatic carbocycles. The summed E-state index contributed by atoms with van der Waals surface area (Å²) in [5.41, 5.74) is 0.843. The lowest BCUT2D eigenvalue weighted by Gasteiger charge is -1.99. The van der Waals surface area contributed by atoms with Crippen LogP contribution in [0.5, 0.6) is 0 Å². The van der Waals surface area contributed by atoms with Gasteiger partial charge in [0.1, 0.15) is 10.3 Å². The molecule has 0 unspecified atom stereocenters. The van der Waals surface area contributed by atoms with E-state index in [4.69, 9.17) is 0 Å². The lowest BCUT2D eigenvalue weighted by atomic mass is 10.1. The van der Waals surface area contributed by atoms with Gasteiger partial charge in [0.2, 0.25) is 0 Å². The highest BCUT2D eigenvalue weighted by atomic mass is 79.9. The minimum Gasteiger partial charge on any atom is -0.298 e. The predicted molar refractivity (Wildman–Crippen MR) is 68.4 cm³/mol. The van der Waals surface area contributed by atoms with Crippen molar-refractivity contribution in [3.8, 4) is 11.3 Å². The summed E-state index contributed by atoms with van der Waals surface area (Å²) in [5, 5.41) is 15.1. The van der Waals surface area contributed by atoms with Gasteiger partial charge in [-0.25, -0.2) is 0 Å². The summed E-state index contributed by atoms with van der Waals surface area (Å²) >= 11 is 3.22. The quantitative estimate of drug-likeness (QED) is 0.496. The number of benzene rings is 1. The highest BCUT2D eigenvalue weighted by Gasteiger charge is 2.22. The van der Waals surface area contributed by atoms with Gasteiger partial charge in [0, 0.05) is 13.1 Å². The highest BCUT2D eigenvalue weighted by Crippen LogP contribution is 2.33. The number of nitro groups is 1. The van der Waals surface area contributed by atoms with Crippen molar-refractivity contribution in [2.24, 2.45) is 7.05 Å². The number of nitro benzene ring substituents is 1. The molecule has 0 saturated heterocycles. The van der Waals surface area contributed by atoms with Gasteiger partial charge in [-0.15, -0.1) is 0 Å². The summed E-state index contributed by atoms with van der Waals surface area (Å²) in [6, 6.07) is 6.19. The van der Waals surface area contributed by atoms with E-state index in [1.54, 1.807) is 25.2 Å². The molecule has 1 heterocycles. The van der Waals surface area contributed by atoms with Gasteiger partial charge < -0.3 is 0 Å². The maximum absolute atomic E-state index is 11.1. The third kappa shape index (κ3) is 1.92. The van der Waals surface area contributed by atoms with E-state index in [1.165, 1.54) is 10.7 Å². The Morgan fingerprint density at radius 1 is 1.44 bits per heavy atom. The zero-order chi connectivity index (χ0) is 13.3. The minimum absolute atomic E-state index is 0.0776. The second kappa shape index (κ2) is 4.69. The molecular formula is C11H8BrN3O3. The Morgan fingerprint density at radius 3 is 2.72 bits per heavy atom. The Balaban J connectivity index is 2.73. The number of aromatic nitrogens is 2. The number of hydrogen-bond donors (Lipinski definition) is 0. The van der Waals surface area contributed by atoms with Crippen LogP contribution in [0.25, 0.3) is 11.3 Å².